The fourth-order valence-electron chi connectivity index (χ4n) is 6.83. The maximum absolute atomic E-state index is 13.7. The predicted octanol–water partition coefficient (Wildman–Crippen LogP) is 8.92. The van der Waals surface area contributed by atoms with E-state index in [0.29, 0.717) is 31.1 Å². The van der Waals surface area contributed by atoms with E-state index in [0.717, 1.165) is 96.8 Å². The summed E-state index contributed by atoms with van der Waals surface area (Å²) in [6.07, 6.45) is 13.5. The molecule has 4 aromatic rings. The lowest BCUT2D eigenvalue weighted by Crippen LogP contribution is -2.47. The van der Waals surface area contributed by atoms with E-state index in [1.54, 1.807) is 12.5 Å². The molecular formula is C43H55N4O4S+. The zero-order valence-corrected chi connectivity index (χ0v) is 31.9. The first-order valence-corrected chi connectivity index (χ1v) is 20.2. The summed E-state index contributed by atoms with van der Waals surface area (Å²) >= 11 is 0. The van der Waals surface area contributed by atoms with Gasteiger partial charge in [0.05, 0.1) is 48.3 Å². The molecule has 1 aliphatic heterocycles. The number of benzene rings is 3. The van der Waals surface area contributed by atoms with E-state index in [1.807, 2.05) is 42.5 Å². The normalized spacial score (nSPS) is 16.7. The van der Waals surface area contributed by atoms with Crippen LogP contribution in [0.2, 0.25) is 0 Å². The average Bonchev–Trinajstić information content (AvgIpc) is 3.59. The van der Waals surface area contributed by atoms with Gasteiger partial charge in [-0.05, 0) is 80.3 Å². The summed E-state index contributed by atoms with van der Waals surface area (Å²) in [6, 6.07) is 26.4. The van der Waals surface area contributed by atoms with Crippen molar-refractivity contribution in [2.75, 3.05) is 38.2 Å². The van der Waals surface area contributed by atoms with Gasteiger partial charge in [0, 0.05) is 59.1 Å². The first-order chi connectivity index (χ1) is 25.4. The number of rotatable bonds is 19. The predicted molar refractivity (Wildman–Crippen MR) is 211 cm³/mol. The standard InChI is InChI=1S/C43H54N4O4S/c1-4-7-28-50-29-30-51-40-20-15-36(16-21-40)42-24-17-37(14-11-27-47(42,26-6-3)32-35-12-9-8-10-13-35)43(48)45-38-18-22-41(23-19-38)52(49)33-39-31-44-34-46(39)25-5-2/h8-10,12-13,15-24,31,34H,4-7,11,14,25-30,32-33H2,1-3H3/p+1. The minimum absolute atomic E-state index is 0.114. The van der Waals surface area contributed by atoms with Gasteiger partial charge in [0.25, 0.3) is 5.91 Å². The number of quaternary nitrogens is 1. The molecule has 0 saturated carbocycles. The number of allylic oxidation sites excluding steroid dienone is 2. The number of unbranched alkanes of at least 4 members (excludes halogenated alkanes) is 1. The van der Waals surface area contributed by atoms with Crippen molar-refractivity contribution < 1.29 is 23.0 Å². The number of aromatic nitrogens is 2. The van der Waals surface area contributed by atoms with Crippen LogP contribution in [-0.2, 0) is 39.2 Å². The van der Waals surface area contributed by atoms with Gasteiger partial charge in [-0.1, -0.05) is 57.5 Å². The van der Waals surface area contributed by atoms with E-state index in [4.69, 9.17) is 9.47 Å². The Morgan fingerprint density at radius 1 is 0.904 bits per heavy atom. The van der Waals surface area contributed by atoms with Crippen molar-refractivity contribution in [3.05, 3.63) is 126 Å². The largest absolute Gasteiger partial charge is 0.491 e. The van der Waals surface area contributed by atoms with E-state index < -0.39 is 10.8 Å². The Bertz CT molecular complexity index is 1780. The van der Waals surface area contributed by atoms with Crippen LogP contribution >= 0.6 is 0 Å². The first-order valence-electron chi connectivity index (χ1n) is 18.9. The number of nitrogens with zero attached hydrogens (tertiary/aromatic N) is 3. The van der Waals surface area contributed by atoms with Crippen molar-refractivity contribution in [3.8, 4) is 5.75 Å². The summed E-state index contributed by atoms with van der Waals surface area (Å²) < 4.78 is 27.7. The molecule has 2 heterocycles. The lowest BCUT2D eigenvalue weighted by Gasteiger charge is -2.41. The minimum atomic E-state index is -1.22. The molecule has 9 heteroatoms. The number of nitrogens with one attached hydrogen (secondary N) is 1. The first kappa shape index (κ1) is 38.9. The van der Waals surface area contributed by atoms with Gasteiger partial charge in [-0.15, -0.1) is 0 Å². The zero-order chi connectivity index (χ0) is 36.6. The molecule has 1 aliphatic rings. The molecular weight excluding hydrogens is 669 g/mol. The number of carbonyl (C=O) groups is 1. The molecule has 3 aromatic carbocycles. The van der Waals surface area contributed by atoms with E-state index in [-0.39, 0.29) is 5.91 Å². The minimum Gasteiger partial charge on any atom is -0.491 e. The lowest BCUT2D eigenvalue weighted by atomic mass is 9.98. The highest BCUT2D eigenvalue weighted by atomic mass is 32.2. The summed E-state index contributed by atoms with van der Waals surface area (Å²) in [6.45, 7) is 12.0. The van der Waals surface area contributed by atoms with E-state index >= 15 is 0 Å². The Morgan fingerprint density at radius 2 is 1.69 bits per heavy atom. The van der Waals surface area contributed by atoms with E-state index in [2.05, 4.69) is 84.2 Å². The molecule has 0 saturated heterocycles. The Morgan fingerprint density at radius 3 is 2.42 bits per heavy atom. The number of hydrogen-bond donors (Lipinski definition) is 1. The third kappa shape index (κ3) is 10.9. The number of hydrogen-bond acceptors (Lipinski definition) is 5. The van der Waals surface area contributed by atoms with Crippen molar-refractivity contribution in [2.24, 2.45) is 0 Å². The van der Waals surface area contributed by atoms with Gasteiger partial charge in [0.15, 0.2) is 0 Å². The molecule has 1 N–H and O–H groups in total. The molecule has 1 aromatic heterocycles. The Kier molecular flexibility index (Phi) is 15.0. The SMILES string of the molecule is CCCCOCCOc1ccc(C2=CC=C(C(=O)Nc3ccc(S(=O)Cc4cncn4CCC)cc3)CCC[N+]2(CCC)Cc2ccccc2)cc1. The van der Waals surface area contributed by atoms with Crippen LogP contribution in [0.3, 0.4) is 0 Å². The van der Waals surface area contributed by atoms with Gasteiger partial charge >= 0.3 is 0 Å². The molecule has 2 atom stereocenters. The maximum atomic E-state index is 13.7. The maximum Gasteiger partial charge on any atom is 0.251 e. The molecule has 8 nitrogen and oxygen atoms in total. The smallest absolute Gasteiger partial charge is 0.251 e. The van der Waals surface area contributed by atoms with Crippen molar-refractivity contribution in [3.63, 3.8) is 0 Å². The summed E-state index contributed by atoms with van der Waals surface area (Å²) in [5.41, 5.74) is 5.99. The quantitative estimate of drug-likeness (QED) is 0.0772. The molecule has 0 bridgehead atoms. The van der Waals surface area contributed by atoms with Crippen LogP contribution in [0.5, 0.6) is 5.75 Å². The van der Waals surface area contributed by atoms with Crippen LogP contribution in [0.1, 0.15) is 76.1 Å². The number of ether oxygens (including phenoxy) is 2. The summed E-state index contributed by atoms with van der Waals surface area (Å²) in [4.78, 5) is 18.7. The highest BCUT2D eigenvalue weighted by molar-refractivity contribution is 7.84. The van der Waals surface area contributed by atoms with Crippen molar-refractivity contribution in [1.82, 2.24) is 9.55 Å². The number of imidazole rings is 1. The van der Waals surface area contributed by atoms with Crippen LogP contribution in [0.25, 0.3) is 5.70 Å². The van der Waals surface area contributed by atoms with Crippen LogP contribution in [-0.4, -0.2) is 57.1 Å². The Hall–Kier alpha value is -4.31. The molecule has 5 rings (SSSR count). The number of amides is 1. The second kappa shape index (κ2) is 20.1. The number of aryl methyl sites for hydroxylation is 1. The summed E-state index contributed by atoms with van der Waals surface area (Å²) in [5.74, 6) is 1.11. The second-order valence-corrected chi connectivity index (χ2v) is 14.9. The van der Waals surface area contributed by atoms with Crippen molar-refractivity contribution in [1.29, 1.82) is 0 Å². The summed E-state index contributed by atoms with van der Waals surface area (Å²) in [5, 5.41) is 3.10. The van der Waals surface area contributed by atoms with Gasteiger partial charge in [-0.25, -0.2) is 4.98 Å². The molecule has 0 radical (unpaired) electrons. The van der Waals surface area contributed by atoms with Gasteiger partial charge in [0.2, 0.25) is 0 Å². The number of anilines is 1. The van der Waals surface area contributed by atoms with E-state index in [1.165, 1.54) is 11.3 Å². The summed E-state index contributed by atoms with van der Waals surface area (Å²) in [7, 11) is -1.22. The van der Waals surface area contributed by atoms with Crippen LogP contribution in [0.15, 0.2) is 114 Å². The molecule has 0 spiro atoms. The Labute approximate surface area is 312 Å². The molecule has 1 amide bonds. The lowest BCUT2D eigenvalue weighted by molar-refractivity contribution is -0.873. The zero-order valence-electron chi connectivity index (χ0n) is 31.1. The van der Waals surface area contributed by atoms with Gasteiger partial charge in [-0.2, -0.15) is 0 Å². The van der Waals surface area contributed by atoms with Crippen molar-refractivity contribution >= 4 is 28.1 Å². The van der Waals surface area contributed by atoms with Crippen LogP contribution in [0.4, 0.5) is 5.69 Å². The highest BCUT2D eigenvalue weighted by Gasteiger charge is 2.34. The molecule has 0 aliphatic carbocycles. The topological polar surface area (TPSA) is 82.4 Å². The fraction of sp³-hybridized carbons (Fsp3) is 0.395. The average molecular weight is 724 g/mol. The van der Waals surface area contributed by atoms with Crippen LogP contribution < -0.4 is 10.1 Å². The van der Waals surface area contributed by atoms with Crippen molar-refractivity contribution in [2.45, 2.75) is 83.0 Å². The van der Waals surface area contributed by atoms with E-state index in [9.17, 15) is 9.00 Å². The van der Waals surface area contributed by atoms with Gasteiger partial charge < -0.3 is 19.4 Å². The monoisotopic (exact) mass is 723 g/mol. The Balaban J connectivity index is 1.34. The van der Waals surface area contributed by atoms with Gasteiger partial charge in [-0.3, -0.25) is 13.5 Å². The molecule has 52 heavy (non-hydrogen) atoms. The van der Waals surface area contributed by atoms with Gasteiger partial charge in [0.1, 0.15) is 24.6 Å². The third-order valence-electron chi connectivity index (χ3n) is 9.46. The molecule has 0 fully saturated rings. The third-order valence-corrected chi connectivity index (χ3v) is 10.8. The second-order valence-electron chi connectivity index (χ2n) is 13.5. The number of carbonyl (C=O) groups excluding carboxylic acids is 1. The fourth-order valence-corrected chi connectivity index (χ4v) is 7.94. The molecule has 276 valence electrons. The molecule has 2 unspecified atom stereocenters. The highest BCUT2D eigenvalue weighted by Crippen LogP contribution is 2.35. The van der Waals surface area contributed by atoms with Crippen LogP contribution in [0, 0.1) is 0 Å².